The SMILES string of the molecule is COc1ccc(OC)c(CCNC(=O)CCn2ccc3ccccc32)c1. The fraction of sp³-hybridized carbons (Fsp3) is 0.286. The van der Waals surface area contributed by atoms with Gasteiger partial charge in [-0.15, -0.1) is 0 Å². The summed E-state index contributed by atoms with van der Waals surface area (Å²) in [6.07, 6.45) is 3.17. The molecule has 0 radical (unpaired) electrons. The second-order valence-electron chi connectivity index (χ2n) is 6.10. The van der Waals surface area contributed by atoms with E-state index < -0.39 is 0 Å². The third kappa shape index (κ3) is 4.17. The first-order chi connectivity index (χ1) is 12.7. The van der Waals surface area contributed by atoms with Crippen molar-refractivity contribution in [3.05, 3.63) is 60.3 Å². The van der Waals surface area contributed by atoms with Gasteiger partial charge in [-0.2, -0.15) is 0 Å². The molecule has 0 aliphatic heterocycles. The largest absolute Gasteiger partial charge is 0.497 e. The molecule has 5 nitrogen and oxygen atoms in total. The first-order valence-electron chi connectivity index (χ1n) is 8.72. The first-order valence-corrected chi connectivity index (χ1v) is 8.72. The summed E-state index contributed by atoms with van der Waals surface area (Å²) < 4.78 is 12.7. The number of methoxy groups -OCH3 is 2. The number of rotatable bonds is 8. The van der Waals surface area contributed by atoms with Crippen LogP contribution >= 0.6 is 0 Å². The van der Waals surface area contributed by atoms with Crippen LogP contribution < -0.4 is 14.8 Å². The van der Waals surface area contributed by atoms with Crippen LogP contribution in [-0.4, -0.2) is 31.2 Å². The van der Waals surface area contributed by atoms with E-state index in [0.717, 1.165) is 22.6 Å². The molecule has 5 heteroatoms. The minimum Gasteiger partial charge on any atom is -0.497 e. The van der Waals surface area contributed by atoms with Gasteiger partial charge in [0.2, 0.25) is 5.91 Å². The smallest absolute Gasteiger partial charge is 0.221 e. The number of nitrogens with zero attached hydrogens (tertiary/aromatic N) is 1. The number of aromatic nitrogens is 1. The summed E-state index contributed by atoms with van der Waals surface area (Å²) in [5.74, 6) is 1.63. The van der Waals surface area contributed by atoms with E-state index in [4.69, 9.17) is 9.47 Å². The number of hydrogen-bond acceptors (Lipinski definition) is 3. The van der Waals surface area contributed by atoms with Crippen LogP contribution in [0.3, 0.4) is 0 Å². The molecule has 0 saturated carbocycles. The topological polar surface area (TPSA) is 52.5 Å². The zero-order valence-corrected chi connectivity index (χ0v) is 15.2. The maximum atomic E-state index is 12.2. The zero-order valence-electron chi connectivity index (χ0n) is 15.2. The predicted octanol–water partition coefficient (Wildman–Crippen LogP) is 3.41. The molecule has 0 spiro atoms. The van der Waals surface area contributed by atoms with Gasteiger partial charge in [0, 0.05) is 31.2 Å². The third-order valence-electron chi connectivity index (χ3n) is 4.46. The number of para-hydroxylation sites is 1. The lowest BCUT2D eigenvalue weighted by molar-refractivity contribution is -0.121. The van der Waals surface area contributed by atoms with Crippen LogP contribution in [0.2, 0.25) is 0 Å². The summed E-state index contributed by atoms with van der Waals surface area (Å²) in [5, 5.41) is 4.17. The van der Waals surface area contributed by atoms with E-state index in [1.807, 2.05) is 36.5 Å². The highest BCUT2D eigenvalue weighted by atomic mass is 16.5. The Hall–Kier alpha value is -2.95. The number of nitrogens with one attached hydrogen (secondary N) is 1. The molecule has 136 valence electrons. The second kappa shape index (κ2) is 8.43. The van der Waals surface area contributed by atoms with E-state index >= 15 is 0 Å². The average Bonchev–Trinajstić information content (AvgIpc) is 3.09. The number of benzene rings is 2. The van der Waals surface area contributed by atoms with Crippen LogP contribution in [-0.2, 0) is 17.8 Å². The summed E-state index contributed by atoms with van der Waals surface area (Å²) in [5.41, 5.74) is 2.17. The van der Waals surface area contributed by atoms with Gasteiger partial charge < -0.3 is 19.4 Å². The van der Waals surface area contributed by atoms with Gasteiger partial charge in [-0.05, 0) is 47.7 Å². The minimum absolute atomic E-state index is 0.0460. The molecule has 0 unspecified atom stereocenters. The van der Waals surface area contributed by atoms with Gasteiger partial charge in [-0.3, -0.25) is 4.79 Å². The Kier molecular flexibility index (Phi) is 5.79. The van der Waals surface area contributed by atoms with Crippen molar-refractivity contribution in [1.29, 1.82) is 0 Å². The van der Waals surface area contributed by atoms with E-state index in [2.05, 4.69) is 28.1 Å². The van der Waals surface area contributed by atoms with Crippen molar-refractivity contribution in [3.8, 4) is 11.5 Å². The molecule has 0 bridgehead atoms. The van der Waals surface area contributed by atoms with Gasteiger partial charge in [0.05, 0.1) is 14.2 Å². The van der Waals surface area contributed by atoms with Crippen LogP contribution in [0.5, 0.6) is 11.5 Å². The standard InChI is InChI=1S/C21H24N2O3/c1-25-18-7-8-20(26-2)17(15-18)9-12-22-21(24)11-14-23-13-10-16-5-3-4-6-19(16)23/h3-8,10,13,15H,9,11-12,14H2,1-2H3,(H,22,24). The van der Waals surface area contributed by atoms with Crippen LogP contribution in [0.15, 0.2) is 54.7 Å². The van der Waals surface area contributed by atoms with Crippen LogP contribution in [0, 0.1) is 0 Å². The molecule has 1 heterocycles. The molecular formula is C21H24N2O3. The molecule has 3 aromatic rings. The lowest BCUT2D eigenvalue weighted by Crippen LogP contribution is -2.26. The molecule has 0 atom stereocenters. The summed E-state index contributed by atoms with van der Waals surface area (Å²) in [7, 11) is 3.28. The van der Waals surface area contributed by atoms with Crippen molar-refractivity contribution in [2.75, 3.05) is 20.8 Å². The van der Waals surface area contributed by atoms with E-state index in [1.54, 1.807) is 14.2 Å². The number of amides is 1. The van der Waals surface area contributed by atoms with Crippen LogP contribution in [0.25, 0.3) is 10.9 Å². The maximum Gasteiger partial charge on any atom is 0.221 e. The Morgan fingerprint density at radius 3 is 2.73 bits per heavy atom. The highest BCUT2D eigenvalue weighted by Crippen LogP contribution is 2.24. The van der Waals surface area contributed by atoms with Crippen molar-refractivity contribution in [2.24, 2.45) is 0 Å². The normalized spacial score (nSPS) is 10.7. The highest BCUT2D eigenvalue weighted by Gasteiger charge is 2.07. The fourth-order valence-electron chi connectivity index (χ4n) is 3.06. The van der Waals surface area contributed by atoms with Gasteiger partial charge in [-0.25, -0.2) is 0 Å². The second-order valence-corrected chi connectivity index (χ2v) is 6.10. The number of ether oxygens (including phenoxy) is 2. The van der Waals surface area contributed by atoms with Crippen molar-refractivity contribution in [1.82, 2.24) is 9.88 Å². The maximum absolute atomic E-state index is 12.2. The van der Waals surface area contributed by atoms with Crippen LogP contribution in [0.4, 0.5) is 0 Å². The summed E-state index contributed by atoms with van der Waals surface area (Å²) in [6.45, 7) is 1.23. The summed E-state index contributed by atoms with van der Waals surface area (Å²) >= 11 is 0. The van der Waals surface area contributed by atoms with Gasteiger partial charge in [0.1, 0.15) is 11.5 Å². The Labute approximate surface area is 153 Å². The molecule has 1 N–H and O–H groups in total. The molecule has 2 aromatic carbocycles. The Morgan fingerprint density at radius 1 is 1.08 bits per heavy atom. The molecule has 0 saturated heterocycles. The van der Waals surface area contributed by atoms with Crippen molar-refractivity contribution in [2.45, 2.75) is 19.4 Å². The van der Waals surface area contributed by atoms with Gasteiger partial charge >= 0.3 is 0 Å². The number of fused-ring (bicyclic) bond motifs is 1. The van der Waals surface area contributed by atoms with E-state index in [1.165, 1.54) is 5.39 Å². The molecule has 0 fully saturated rings. The zero-order chi connectivity index (χ0) is 18.4. The van der Waals surface area contributed by atoms with E-state index in [0.29, 0.717) is 25.9 Å². The molecular weight excluding hydrogens is 328 g/mol. The molecule has 26 heavy (non-hydrogen) atoms. The van der Waals surface area contributed by atoms with Gasteiger partial charge in [0.25, 0.3) is 0 Å². The van der Waals surface area contributed by atoms with Crippen molar-refractivity contribution < 1.29 is 14.3 Å². The summed E-state index contributed by atoms with van der Waals surface area (Å²) in [4.78, 5) is 12.2. The fourth-order valence-corrected chi connectivity index (χ4v) is 3.06. The van der Waals surface area contributed by atoms with Crippen molar-refractivity contribution in [3.63, 3.8) is 0 Å². The highest BCUT2D eigenvalue weighted by molar-refractivity contribution is 5.80. The summed E-state index contributed by atoms with van der Waals surface area (Å²) in [6, 6.07) is 15.9. The first kappa shape index (κ1) is 17.9. The number of aryl methyl sites for hydroxylation is 1. The quantitative estimate of drug-likeness (QED) is 0.676. The molecule has 3 rings (SSSR count). The van der Waals surface area contributed by atoms with Crippen LogP contribution in [0.1, 0.15) is 12.0 Å². The van der Waals surface area contributed by atoms with E-state index in [9.17, 15) is 4.79 Å². The van der Waals surface area contributed by atoms with Gasteiger partial charge in [-0.1, -0.05) is 18.2 Å². The number of carbonyl (C=O) groups is 1. The monoisotopic (exact) mass is 352 g/mol. The lowest BCUT2D eigenvalue weighted by atomic mass is 10.1. The Morgan fingerprint density at radius 2 is 1.92 bits per heavy atom. The van der Waals surface area contributed by atoms with Gasteiger partial charge in [0.15, 0.2) is 0 Å². The average molecular weight is 352 g/mol. The molecule has 0 aliphatic carbocycles. The number of hydrogen-bond donors (Lipinski definition) is 1. The Balaban J connectivity index is 1.50. The molecule has 1 amide bonds. The lowest BCUT2D eigenvalue weighted by Gasteiger charge is -2.11. The molecule has 0 aliphatic rings. The predicted molar refractivity (Wildman–Crippen MR) is 103 cm³/mol. The van der Waals surface area contributed by atoms with Crippen molar-refractivity contribution >= 4 is 16.8 Å². The number of carbonyl (C=O) groups excluding carboxylic acids is 1. The molecule has 1 aromatic heterocycles. The van der Waals surface area contributed by atoms with E-state index in [-0.39, 0.29) is 5.91 Å². The minimum atomic E-state index is 0.0460. The third-order valence-corrected chi connectivity index (χ3v) is 4.46. The Bertz CT molecular complexity index is 886.